The Hall–Kier alpha value is -3.02. The number of hydrogen-bond donors (Lipinski definition) is 0. The molecule has 1 saturated heterocycles. The number of amides is 1. The fourth-order valence-corrected chi connectivity index (χ4v) is 3.13. The van der Waals surface area contributed by atoms with Crippen LogP contribution in [0.3, 0.4) is 0 Å². The number of piperidine rings is 1. The molecule has 1 aromatic heterocycles. The maximum absolute atomic E-state index is 12.7. The van der Waals surface area contributed by atoms with E-state index in [1.807, 2.05) is 18.7 Å². The number of aromatic nitrogens is 1. The molecule has 1 amide bonds. The number of oxazole rings is 1. The Morgan fingerprint density at radius 2 is 1.60 bits per heavy atom. The topological polar surface area (TPSA) is 46.3 Å². The Morgan fingerprint density at radius 1 is 1.00 bits per heavy atom. The lowest BCUT2D eigenvalue weighted by Gasteiger charge is -2.33. The van der Waals surface area contributed by atoms with Crippen molar-refractivity contribution in [3.63, 3.8) is 0 Å². The van der Waals surface area contributed by atoms with Crippen molar-refractivity contribution >= 4 is 5.91 Å². The molecule has 160 valence electrons. The van der Waals surface area contributed by atoms with Gasteiger partial charge in [-0.3, -0.25) is 4.79 Å². The van der Waals surface area contributed by atoms with Crippen molar-refractivity contribution < 1.29 is 18.0 Å². The molecule has 0 radical (unpaired) electrons. The van der Waals surface area contributed by atoms with Gasteiger partial charge in [-0.2, -0.15) is 0 Å². The van der Waals surface area contributed by atoms with Crippen LogP contribution in [0.5, 0.6) is 0 Å². The van der Waals surface area contributed by atoms with Gasteiger partial charge in [0.05, 0.1) is 0 Å². The molecule has 6 heteroatoms. The van der Waals surface area contributed by atoms with E-state index < -0.39 is 0 Å². The molecule has 1 fully saturated rings. The summed E-state index contributed by atoms with van der Waals surface area (Å²) in [6.45, 7) is 6.89. The fraction of sp³-hybridized carbons (Fsp3) is 0.333. The van der Waals surface area contributed by atoms with Crippen molar-refractivity contribution in [2.24, 2.45) is 0 Å². The van der Waals surface area contributed by atoms with E-state index in [4.69, 9.17) is 4.42 Å². The van der Waals surface area contributed by atoms with Crippen LogP contribution >= 0.6 is 0 Å². The Labute approximate surface area is 176 Å². The molecule has 0 N–H and O–H groups in total. The zero-order valence-corrected chi connectivity index (χ0v) is 17.6. The zero-order chi connectivity index (χ0) is 21.9. The Balaban J connectivity index is 0.000000204. The summed E-state index contributed by atoms with van der Waals surface area (Å²) in [7, 11) is 0. The van der Waals surface area contributed by atoms with E-state index in [0.717, 1.165) is 30.6 Å². The Bertz CT molecular complexity index is 879. The third kappa shape index (κ3) is 6.51. The lowest BCUT2D eigenvalue weighted by molar-refractivity contribution is 0.0635. The van der Waals surface area contributed by atoms with Gasteiger partial charge < -0.3 is 9.32 Å². The van der Waals surface area contributed by atoms with Gasteiger partial charge in [-0.15, -0.1) is 0 Å². The molecule has 0 bridgehead atoms. The van der Waals surface area contributed by atoms with Gasteiger partial charge in [-0.05, 0) is 74.7 Å². The van der Waals surface area contributed by atoms with Crippen molar-refractivity contribution in [2.75, 3.05) is 6.54 Å². The zero-order valence-electron chi connectivity index (χ0n) is 17.6. The van der Waals surface area contributed by atoms with Crippen LogP contribution in [0, 0.1) is 11.6 Å². The average molecular weight is 414 g/mol. The quantitative estimate of drug-likeness (QED) is 0.491. The number of hydrogen-bond acceptors (Lipinski definition) is 3. The van der Waals surface area contributed by atoms with Crippen LogP contribution in [0.2, 0.25) is 0 Å². The summed E-state index contributed by atoms with van der Waals surface area (Å²) >= 11 is 0. The highest BCUT2D eigenvalue weighted by atomic mass is 19.1. The van der Waals surface area contributed by atoms with Gasteiger partial charge >= 0.3 is 0 Å². The summed E-state index contributed by atoms with van der Waals surface area (Å²) in [6.07, 6.45) is 6.19. The van der Waals surface area contributed by atoms with Crippen LogP contribution in [0.4, 0.5) is 8.78 Å². The van der Waals surface area contributed by atoms with E-state index in [2.05, 4.69) is 11.9 Å². The van der Waals surface area contributed by atoms with Crippen LogP contribution in [-0.2, 0) is 0 Å². The summed E-state index contributed by atoms with van der Waals surface area (Å²) in [5, 5.41) is 0. The molecule has 1 aliphatic rings. The molecule has 1 atom stereocenters. The van der Waals surface area contributed by atoms with E-state index >= 15 is 0 Å². The number of nitrogens with zero attached hydrogens (tertiary/aromatic N) is 2. The molecular formula is C24H28F2N2O2. The van der Waals surface area contributed by atoms with Crippen molar-refractivity contribution in [1.82, 2.24) is 9.88 Å². The van der Waals surface area contributed by atoms with Crippen LogP contribution in [0.1, 0.15) is 50.4 Å². The second-order valence-corrected chi connectivity index (χ2v) is 6.73. The van der Waals surface area contributed by atoms with E-state index in [1.165, 1.54) is 43.3 Å². The van der Waals surface area contributed by atoms with Crippen LogP contribution in [0.15, 0.2) is 65.6 Å². The molecule has 4 nitrogen and oxygen atoms in total. The first-order valence-corrected chi connectivity index (χ1v) is 10.3. The molecule has 0 unspecified atom stereocenters. The number of benzene rings is 2. The normalized spacial score (nSPS) is 15.4. The lowest BCUT2D eigenvalue weighted by Crippen LogP contribution is -2.42. The first kappa shape index (κ1) is 23.3. The standard InChI is InChI=1S/C13H16FNO.C9H6FNO.C2H6/c1-10-4-2-3-9-15(10)13(16)11-5-7-12(14)8-6-11;10-8-3-1-7(2-4-8)9-5-12-6-11-9;1-2/h5-8,10H,2-4,9H2,1H3;1-6H;1-2H3/t10-;;/m1../s1. The first-order valence-electron chi connectivity index (χ1n) is 10.3. The number of rotatable bonds is 2. The van der Waals surface area contributed by atoms with Gasteiger partial charge in [0.1, 0.15) is 23.6 Å². The maximum atomic E-state index is 12.7. The minimum atomic E-state index is -0.303. The van der Waals surface area contributed by atoms with Gasteiger partial charge in [-0.1, -0.05) is 13.8 Å². The number of likely N-dealkylation sites (tertiary alicyclic amines) is 1. The van der Waals surface area contributed by atoms with Gasteiger partial charge in [0.15, 0.2) is 6.39 Å². The van der Waals surface area contributed by atoms with Crippen LogP contribution in [0.25, 0.3) is 11.3 Å². The molecule has 0 aliphatic carbocycles. The largest absolute Gasteiger partial charge is 0.451 e. The Morgan fingerprint density at radius 3 is 2.13 bits per heavy atom. The average Bonchev–Trinajstić information content (AvgIpc) is 3.32. The highest BCUT2D eigenvalue weighted by molar-refractivity contribution is 5.94. The summed E-state index contributed by atoms with van der Waals surface area (Å²) < 4.78 is 30.0. The molecule has 3 aromatic rings. The summed E-state index contributed by atoms with van der Waals surface area (Å²) in [5.74, 6) is -0.530. The summed E-state index contributed by atoms with van der Waals surface area (Å²) in [6, 6.07) is 12.2. The number of halogens is 2. The third-order valence-corrected chi connectivity index (χ3v) is 4.73. The monoisotopic (exact) mass is 414 g/mol. The first-order chi connectivity index (χ1) is 14.5. The molecule has 30 heavy (non-hydrogen) atoms. The van der Waals surface area contributed by atoms with Crippen molar-refractivity contribution in [3.8, 4) is 11.3 Å². The van der Waals surface area contributed by atoms with Crippen molar-refractivity contribution in [3.05, 3.63) is 78.4 Å². The van der Waals surface area contributed by atoms with E-state index in [1.54, 1.807) is 24.3 Å². The second kappa shape index (κ2) is 11.9. The Kier molecular flexibility index (Phi) is 9.19. The predicted octanol–water partition coefficient (Wildman–Crippen LogP) is 6.35. The maximum Gasteiger partial charge on any atom is 0.254 e. The highest BCUT2D eigenvalue weighted by Gasteiger charge is 2.23. The van der Waals surface area contributed by atoms with Gasteiger partial charge in [0.25, 0.3) is 5.91 Å². The minimum absolute atomic E-state index is 0.0206. The van der Waals surface area contributed by atoms with Gasteiger partial charge in [0.2, 0.25) is 0 Å². The smallest absolute Gasteiger partial charge is 0.254 e. The summed E-state index contributed by atoms with van der Waals surface area (Å²) in [4.78, 5) is 17.9. The molecular weight excluding hydrogens is 386 g/mol. The molecule has 1 aliphatic heterocycles. The fourth-order valence-electron chi connectivity index (χ4n) is 3.13. The van der Waals surface area contributed by atoms with Gasteiger partial charge in [-0.25, -0.2) is 13.8 Å². The van der Waals surface area contributed by atoms with E-state index in [-0.39, 0.29) is 17.5 Å². The number of carbonyl (C=O) groups is 1. The molecule has 0 saturated carbocycles. The third-order valence-electron chi connectivity index (χ3n) is 4.73. The molecule has 2 heterocycles. The lowest BCUT2D eigenvalue weighted by atomic mass is 10.0. The van der Waals surface area contributed by atoms with E-state index in [0.29, 0.717) is 11.6 Å². The predicted molar refractivity (Wildman–Crippen MR) is 114 cm³/mol. The summed E-state index contributed by atoms with van der Waals surface area (Å²) in [5.41, 5.74) is 2.15. The molecule has 2 aromatic carbocycles. The highest BCUT2D eigenvalue weighted by Crippen LogP contribution is 2.19. The minimum Gasteiger partial charge on any atom is -0.451 e. The number of carbonyl (C=O) groups excluding carboxylic acids is 1. The molecule has 4 rings (SSSR count). The van der Waals surface area contributed by atoms with Crippen LogP contribution in [-0.4, -0.2) is 28.4 Å². The van der Waals surface area contributed by atoms with Gasteiger partial charge in [0, 0.05) is 23.7 Å². The van der Waals surface area contributed by atoms with Crippen molar-refractivity contribution in [2.45, 2.75) is 46.1 Å². The van der Waals surface area contributed by atoms with Crippen molar-refractivity contribution in [1.29, 1.82) is 0 Å². The van der Waals surface area contributed by atoms with Crippen LogP contribution < -0.4 is 0 Å². The van der Waals surface area contributed by atoms with E-state index in [9.17, 15) is 13.6 Å². The SMILES string of the molecule is CC.C[C@@H]1CCCCN1C(=O)c1ccc(F)cc1.Fc1ccc(-c2cocn2)cc1. The second-order valence-electron chi connectivity index (χ2n) is 6.73. The molecule has 0 spiro atoms.